The summed E-state index contributed by atoms with van der Waals surface area (Å²) in [7, 11) is 0. The predicted molar refractivity (Wildman–Crippen MR) is 272 cm³/mol. The summed E-state index contributed by atoms with van der Waals surface area (Å²) >= 11 is 0. The van der Waals surface area contributed by atoms with E-state index in [1.807, 2.05) is 103 Å². The second kappa shape index (κ2) is 55.2. The van der Waals surface area contributed by atoms with Crippen LogP contribution in [-0.2, 0) is 0 Å². The lowest BCUT2D eigenvalue weighted by molar-refractivity contribution is 0.735. The molecule has 0 spiro atoms. The summed E-state index contributed by atoms with van der Waals surface area (Å²) in [6, 6.07) is 1.87. The summed E-state index contributed by atoms with van der Waals surface area (Å²) in [5.74, 6) is 4.23. The molecule has 66 heavy (non-hydrogen) atoms. The van der Waals surface area contributed by atoms with Crippen molar-refractivity contribution in [3.05, 3.63) is 109 Å². The molecule has 18 nitrogen and oxygen atoms in total. The molecular weight excluding hydrogens is 829 g/mol. The van der Waals surface area contributed by atoms with Crippen molar-refractivity contribution in [2.75, 3.05) is 0 Å². The number of rotatable bonds is 6. The fraction of sp³-hybridized carbons (Fsp3) is 0.625. The third kappa shape index (κ3) is 43.3. The molecule has 0 saturated carbocycles. The molecule has 0 saturated heterocycles. The van der Waals surface area contributed by atoms with Gasteiger partial charge in [0.05, 0.1) is 54.3 Å². The van der Waals surface area contributed by atoms with Crippen molar-refractivity contribution in [3.63, 3.8) is 0 Å². The van der Waals surface area contributed by atoms with Gasteiger partial charge in [-0.25, -0.2) is 29.9 Å². The quantitative estimate of drug-likeness (QED) is 0.151. The van der Waals surface area contributed by atoms with E-state index in [0.29, 0.717) is 35.5 Å². The average molecular weight is 919 g/mol. The van der Waals surface area contributed by atoms with Gasteiger partial charge < -0.3 is 0 Å². The zero-order chi connectivity index (χ0) is 52.1. The largest absolute Gasteiger partial charge is 0.241 e. The minimum Gasteiger partial charge on any atom is -0.241 e. The van der Waals surface area contributed by atoms with Crippen LogP contribution >= 0.6 is 0 Å². The molecule has 0 aliphatic heterocycles. The molecule has 0 fully saturated rings. The molecule has 0 bridgehead atoms. The monoisotopic (exact) mass is 919 g/mol. The van der Waals surface area contributed by atoms with Gasteiger partial charge in [0, 0.05) is 18.0 Å². The van der Waals surface area contributed by atoms with E-state index in [1.54, 1.807) is 43.4 Å². The standard InChI is InChI=1S/6C6H9N3.6C2H6/c1-5(2)6-8-3-7-4-9-6;1-5(2)6-3-8-9-4-7-6;1-5(2)6-3-7-4-8-9-6;1-5(2)6-3-7-9-8-4-6;1-5(2)6-7-3-4-8-9-6;1-5(2)6-3-4-7-9-8-6;6*1-2/h6*3-5H,1-2H3;6*1-2H3. The maximum Gasteiger partial charge on any atom is 0.153 e. The van der Waals surface area contributed by atoms with E-state index in [0.717, 1.165) is 34.3 Å². The Morgan fingerprint density at radius 2 is 0.833 bits per heavy atom. The summed E-state index contributed by atoms with van der Waals surface area (Å²) in [6.45, 7) is 48.8. The summed E-state index contributed by atoms with van der Waals surface area (Å²) in [5.41, 5.74) is 4.05. The number of hydrogen-bond acceptors (Lipinski definition) is 18. The molecule has 0 radical (unpaired) electrons. The van der Waals surface area contributed by atoms with E-state index in [2.05, 4.69) is 161 Å². The second-order valence-electron chi connectivity index (χ2n) is 13.1. The molecular formula is C48H90N18. The number of hydrogen-bond donors (Lipinski definition) is 0. The van der Waals surface area contributed by atoms with Gasteiger partial charge in [-0.3, -0.25) is 0 Å². The first kappa shape index (κ1) is 71.7. The Bertz CT molecular complexity index is 1370. The maximum atomic E-state index is 4.00. The Labute approximate surface area is 400 Å². The zero-order valence-corrected chi connectivity index (χ0v) is 45.4. The molecule has 18 heteroatoms. The van der Waals surface area contributed by atoms with E-state index < -0.39 is 0 Å². The van der Waals surface area contributed by atoms with Crippen LogP contribution in [0.1, 0.15) is 236 Å². The summed E-state index contributed by atoms with van der Waals surface area (Å²) in [4.78, 5) is 23.5. The van der Waals surface area contributed by atoms with Crippen LogP contribution < -0.4 is 0 Å². The van der Waals surface area contributed by atoms with Gasteiger partial charge in [-0.1, -0.05) is 166 Å². The fourth-order valence-electron chi connectivity index (χ4n) is 3.24. The molecule has 0 amide bonds. The van der Waals surface area contributed by atoms with Gasteiger partial charge in [-0.2, -0.15) is 15.3 Å². The van der Waals surface area contributed by atoms with Crippen molar-refractivity contribution in [3.8, 4) is 0 Å². The van der Waals surface area contributed by atoms with E-state index in [4.69, 9.17) is 0 Å². The lowest BCUT2D eigenvalue weighted by atomic mass is 10.1. The first-order valence-corrected chi connectivity index (χ1v) is 23.6. The van der Waals surface area contributed by atoms with Gasteiger partial charge in [-0.05, 0) is 45.7 Å². The normalized spacial score (nSPS) is 8.82. The van der Waals surface area contributed by atoms with Crippen LogP contribution in [0.3, 0.4) is 0 Å². The Morgan fingerprint density at radius 1 is 0.303 bits per heavy atom. The summed E-state index contributed by atoms with van der Waals surface area (Å²) in [6.07, 6.45) is 17.7. The van der Waals surface area contributed by atoms with Crippen LogP contribution in [0.4, 0.5) is 0 Å². The van der Waals surface area contributed by atoms with Crippen molar-refractivity contribution in [2.24, 2.45) is 0 Å². The SMILES string of the molecule is CC.CC.CC.CC.CC.CC.CC(C)c1ccnnn1.CC(C)c1cncnn1.CC(C)c1cnncn1.CC(C)c1cnnnc1.CC(C)c1nccnn1.CC(C)c1ncncn1. The van der Waals surface area contributed by atoms with Gasteiger partial charge in [-0.15, -0.1) is 35.7 Å². The Kier molecular flexibility index (Phi) is 59.9. The smallest absolute Gasteiger partial charge is 0.153 e. The van der Waals surface area contributed by atoms with Crippen molar-refractivity contribution in [1.82, 2.24) is 91.3 Å². The van der Waals surface area contributed by atoms with Crippen LogP contribution in [-0.4, -0.2) is 91.3 Å². The topological polar surface area (TPSA) is 232 Å². The highest BCUT2D eigenvalue weighted by atomic mass is 15.3. The molecule has 372 valence electrons. The molecule has 6 rings (SSSR count). The Balaban J connectivity index is -0.000000156. The number of aromatic nitrogens is 18. The van der Waals surface area contributed by atoms with Gasteiger partial charge in [0.25, 0.3) is 0 Å². The summed E-state index contributed by atoms with van der Waals surface area (Å²) in [5, 5.41) is 43.9. The van der Waals surface area contributed by atoms with Crippen molar-refractivity contribution >= 4 is 0 Å². The van der Waals surface area contributed by atoms with E-state index >= 15 is 0 Å². The van der Waals surface area contributed by atoms with Crippen LogP contribution in [0.15, 0.2) is 74.8 Å². The summed E-state index contributed by atoms with van der Waals surface area (Å²) < 4.78 is 0. The van der Waals surface area contributed by atoms with Crippen LogP contribution in [0.25, 0.3) is 0 Å². The third-order valence-electron chi connectivity index (χ3n) is 6.54. The molecule has 0 aliphatic carbocycles. The van der Waals surface area contributed by atoms with Gasteiger partial charge in [0.1, 0.15) is 31.1 Å². The first-order valence-electron chi connectivity index (χ1n) is 23.6. The van der Waals surface area contributed by atoms with Gasteiger partial charge >= 0.3 is 0 Å². The second-order valence-corrected chi connectivity index (χ2v) is 13.1. The van der Waals surface area contributed by atoms with Crippen molar-refractivity contribution < 1.29 is 0 Å². The molecule has 0 unspecified atom stereocenters. The van der Waals surface area contributed by atoms with Crippen molar-refractivity contribution in [2.45, 2.75) is 202 Å². The predicted octanol–water partition coefficient (Wildman–Crippen LogP) is 12.1. The lowest BCUT2D eigenvalue weighted by Gasteiger charge is -1.99. The van der Waals surface area contributed by atoms with E-state index in [9.17, 15) is 0 Å². The third-order valence-corrected chi connectivity index (χ3v) is 6.54. The molecule has 6 heterocycles. The minimum absolute atomic E-state index is 0.374. The van der Waals surface area contributed by atoms with E-state index in [1.165, 1.54) is 25.3 Å². The lowest BCUT2D eigenvalue weighted by Crippen LogP contribution is -1.96. The minimum atomic E-state index is 0.374. The molecule has 6 aromatic rings. The highest BCUT2D eigenvalue weighted by Gasteiger charge is 2.01. The van der Waals surface area contributed by atoms with Crippen LogP contribution in [0, 0.1) is 0 Å². The average Bonchev–Trinajstić information content (AvgIpc) is 3.40. The maximum absolute atomic E-state index is 4.00. The molecule has 6 aromatic heterocycles. The molecule has 0 N–H and O–H groups in total. The zero-order valence-electron chi connectivity index (χ0n) is 45.4. The Hall–Kier alpha value is -5.94. The molecule has 0 atom stereocenters. The number of nitrogens with zero attached hydrogens (tertiary/aromatic N) is 18. The highest BCUT2D eigenvalue weighted by molar-refractivity contribution is 5.05. The first-order chi connectivity index (χ1) is 31.8. The van der Waals surface area contributed by atoms with Crippen molar-refractivity contribution in [1.29, 1.82) is 0 Å². The van der Waals surface area contributed by atoms with Crippen LogP contribution in [0.5, 0.6) is 0 Å². The highest BCUT2D eigenvalue weighted by Crippen LogP contribution is 2.10. The van der Waals surface area contributed by atoms with Gasteiger partial charge in [0.2, 0.25) is 0 Å². The van der Waals surface area contributed by atoms with Gasteiger partial charge in [0.15, 0.2) is 5.82 Å². The molecule has 0 aromatic carbocycles. The van der Waals surface area contributed by atoms with E-state index in [-0.39, 0.29) is 0 Å². The molecule has 0 aliphatic rings. The fourth-order valence-corrected chi connectivity index (χ4v) is 3.24. The Morgan fingerprint density at radius 3 is 1.11 bits per heavy atom. The van der Waals surface area contributed by atoms with Crippen LogP contribution in [0.2, 0.25) is 0 Å².